The van der Waals surface area contributed by atoms with E-state index in [4.69, 9.17) is 14.2 Å². The molecule has 1 fully saturated rings. The van der Waals surface area contributed by atoms with Crippen molar-refractivity contribution in [3.63, 3.8) is 0 Å². The van der Waals surface area contributed by atoms with E-state index in [1.165, 1.54) is 0 Å². The molecule has 2 amide bonds. The van der Waals surface area contributed by atoms with E-state index in [0.29, 0.717) is 44.8 Å². The number of hydrogen-bond acceptors (Lipinski definition) is 7. The number of amides is 2. The highest BCUT2D eigenvalue weighted by Gasteiger charge is 2.29. The Kier molecular flexibility index (Phi) is 6.49. The second kappa shape index (κ2) is 9.33. The Hall–Kier alpha value is -3.23. The van der Waals surface area contributed by atoms with Crippen LogP contribution >= 0.6 is 0 Å². The highest BCUT2D eigenvalue weighted by atomic mass is 16.6. The molecular formula is C24H32N4O5. The standard InChI is InChI=1S/C24H32N4O5/c1-24(2,3)33-23(30)26-16-7-9-27(10-8-16)21(29)15-28-11-12-32-20-14-25-19-6-5-17(31-4)13-18(19)22(20)28/h5-6,13-14,16H,7-12,15H2,1-4H3,(H,26,30). The second-order valence-corrected chi connectivity index (χ2v) is 9.43. The maximum atomic E-state index is 13.1. The van der Waals surface area contributed by atoms with Crippen molar-refractivity contribution in [2.45, 2.75) is 45.3 Å². The summed E-state index contributed by atoms with van der Waals surface area (Å²) in [5.41, 5.74) is 1.17. The van der Waals surface area contributed by atoms with Crippen LogP contribution in [-0.4, -0.2) is 73.4 Å². The lowest BCUT2D eigenvalue weighted by Gasteiger charge is -2.36. The first-order chi connectivity index (χ1) is 15.7. The molecular weight excluding hydrogens is 424 g/mol. The lowest BCUT2D eigenvalue weighted by atomic mass is 10.0. The van der Waals surface area contributed by atoms with Crippen molar-refractivity contribution in [2.75, 3.05) is 44.8 Å². The van der Waals surface area contributed by atoms with Gasteiger partial charge in [0.15, 0.2) is 5.75 Å². The number of methoxy groups -OCH3 is 1. The van der Waals surface area contributed by atoms with Crippen LogP contribution in [0.2, 0.25) is 0 Å². The SMILES string of the molecule is COc1ccc2ncc3c(c2c1)N(CC(=O)N1CCC(NC(=O)OC(C)(C)C)CC1)CCO3. The van der Waals surface area contributed by atoms with Gasteiger partial charge in [-0.1, -0.05) is 0 Å². The van der Waals surface area contributed by atoms with Gasteiger partial charge in [0.1, 0.15) is 18.0 Å². The Morgan fingerprint density at radius 2 is 1.97 bits per heavy atom. The lowest BCUT2D eigenvalue weighted by Crippen LogP contribution is -2.50. The number of likely N-dealkylation sites (tertiary alicyclic amines) is 1. The molecule has 33 heavy (non-hydrogen) atoms. The summed E-state index contributed by atoms with van der Waals surface area (Å²) in [5.74, 6) is 1.47. The molecule has 0 spiro atoms. The first-order valence-corrected chi connectivity index (χ1v) is 11.4. The average molecular weight is 457 g/mol. The summed E-state index contributed by atoms with van der Waals surface area (Å²) in [4.78, 5) is 33.6. The molecule has 178 valence electrons. The number of rotatable bonds is 4. The average Bonchev–Trinajstić information content (AvgIpc) is 2.77. The molecule has 1 aromatic carbocycles. The minimum atomic E-state index is -0.529. The number of carbonyl (C=O) groups excluding carboxylic acids is 2. The topological polar surface area (TPSA) is 93.2 Å². The van der Waals surface area contributed by atoms with Crippen LogP contribution in [0, 0.1) is 0 Å². The zero-order valence-electron chi connectivity index (χ0n) is 19.7. The third-order valence-corrected chi connectivity index (χ3v) is 5.84. The van der Waals surface area contributed by atoms with Gasteiger partial charge in [-0.25, -0.2) is 4.79 Å². The molecule has 0 radical (unpaired) electrons. The van der Waals surface area contributed by atoms with Gasteiger partial charge in [0.2, 0.25) is 5.91 Å². The predicted molar refractivity (Wildman–Crippen MR) is 125 cm³/mol. The van der Waals surface area contributed by atoms with Crippen LogP contribution in [0.15, 0.2) is 24.4 Å². The summed E-state index contributed by atoms with van der Waals surface area (Å²) in [6.45, 7) is 8.09. The zero-order chi connectivity index (χ0) is 23.6. The maximum absolute atomic E-state index is 13.1. The van der Waals surface area contributed by atoms with Crippen LogP contribution in [-0.2, 0) is 9.53 Å². The highest BCUT2D eigenvalue weighted by Crippen LogP contribution is 2.38. The van der Waals surface area contributed by atoms with E-state index in [-0.39, 0.29) is 18.5 Å². The molecule has 3 heterocycles. The summed E-state index contributed by atoms with van der Waals surface area (Å²) >= 11 is 0. The van der Waals surface area contributed by atoms with E-state index < -0.39 is 11.7 Å². The number of piperidine rings is 1. The molecule has 4 rings (SSSR count). The number of aromatic nitrogens is 1. The Bertz CT molecular complexity index is 1020. The normalized spacial score (nSPS) is 16.7. The molecule has 1 aromatic heterocycles. The molecule has 0 saturated carbocycles. The molecule has 2 aromatic rings. The Morgan fingerprint density at radius 3 is 2.67 bits per heavy atom. The number of hydrogen-bond donors (Lipinski definition) is 1. The minimum Gasteiger partial charge on any atom is -0.497 e. The summed E-state index contributed by atoms with van der Waals surface area (Å²) in [6, 6.07) is 5.72. The van der Waals surface area contributed by atoms with E-state index >= 15 is 0 Å². The van der Waals surface area contributed by atoms with Crippen molar-refractivity contribution in [1.82, 2.24) is 15.2 Å². The summed E-state index contributed by atoms with van der Waals surface area (Å²) < 4.78 is 16.6. The minimum absolute atomic E-state index is 0.00972. The molecule has 0 atom stereocenters. The zero-order valence-corrected chi connectivity index (χ0v) is 19.7. The van der Waals surface area contributed by atoms with Crippen LogP contribution in [0.4, 0.5) is 10.5 Å². The van der Waals surface area contributed by atoms with Crippen LogP contribution in [0.1, 0.15) is 33.6 Å². The van der Waals surface area contributed by atoms with Gasteiger partial charge in [-0.2, -0.15) is 0 Å². The van der Waals surface area contributed by atoms with Crippen LogP contribution in [0.5, 0.6) is 11.5 Å². The second-order valence-electron chi connectivity index (χ2n) is 9.43. The predicted octanol–water partition coefficient (Wildman–Crippen LogP) is 2.96. The Balaban J connectivity index is 1.40. The number of nitrogens with one attached hydrogen (secondary N) is 1. The Labute approximate surface area is 194 Å². The summed E-state index contributed by atoms with van der Waals surface area (Å²) in [5, 5.41) is 3.82. The smallest absolute Gasteiger partial charge is 0.407 e. The number of nitrogens with zero attached hydrogens (tertiary/aromatic N) is 3. The van der Waals surface area contributed by atoms with E-state index in [0.717, 1.165) is 22.3 Å². The summed E-state index contributed by atoms with van der Waals surface area (Å²) in [6.07, 6.45) is 2.71. The van der Waals surface area contributed by atoms with Crippen molar-refractivity contribution in [2.24, 2.45) is 0 Å². The fraction of sp³-hybridized carbons (Fsp3) is 0.542. The largest absolute Gasteiger partial charge is 0.497 e. The molecule has 2 aliphatic rings. The van der Waals surface area contributed by atoms with Gasteiger partial charge >= 0.3 is 6.09 Å². The lowest BCUT2D eigenvalue weighted by molar-refractivity contribution is -0.130. The van der Waals surface area contributed by atoms with Crippen molar-refractivity contribution >= 4 is 28.6 Å². The van der Waals surface area contributed by atoms with E-state index in [2.05, 4.69) is 15.2 Å². The highest BCUT2D eigenvalue weighted by molar-refractivity contribution is 5.97. The van der Waals surface area contributed by atoms with E-state index in [1.807, 2.05) is 43.9 Å². The number of ether oxygens (including phenoxy) is 3. The third-order valence-electron chi connectivity index (χ3n) is 5.84. The maximum Gasteiger partial charge on any atom is 0.407 e. The van der Waals surface area contributed by atoms with E-state index in [9.17, 15) is 9.59 Å². The first-order valence-electron chi connectivity index (χ1n) is 11.4. The monoisotopic (exact) mass is 456 g/mol. The van der Waals surface area contributed by atoms with Gasteiger partial charge in [-0.15, -0.1) is 0 Å². The number of alkyl carbamates (subject to hydrolysis) is 1. The molecule has 0 aliphatic carbocycles. The molecule has 9 nitrogen and oxygen atoms in total. The van der Waals surface area contributed by atoms with Gasteiger partial charge < -0.3 is 29.3 Å². The van der Waals surface area contributed by atoms with Gasteiger partial charge in [0.25, 0.3) is 0 Å². The van der Waals surface area contributed by atoms with Crippen LogP contribution in [0.3, 0.4) is 0 Å². The molecule has 1 N–H and O–H groups in total. The van der Waals surface area contributed by atoms with Gasteiger partial charge in [-0.3, -0.25) is 9.78 Å². The fourth-order valence-corrected chi connectivity index (χ4v) is 4.24. The molecule has 1 saturated heterocycles. The molecule has 0 unspecified atom stereocenters. The van der Waals surface area contributed by atoms with Crippen LogP contribution < -0.4 is 19.7 Å². The number of pyridine rings is 1. The van der Waals surface area contributed by atoms with Crippen molar-refractivity contribution in [3.8, 4) is 11.5 Å². The van der Waals surface area contributed by atoms with Crippen molar-refractivity contribution in [3.05, 3.63) is 24.4 Å². The number of anilines is 1. The van der Waals surface area contributed by atoms with Crippen molar-refractivity contribution in [1.29, 1.82) is 0 Å². The number of carbonyl (C=O) groups is 2. The van der Waals surface area contributed by atoms with Gasteiger partial charge in [0, 0.05) is 24.5 Å². The third kappa shape index (κ3) is 5.40. The number of benzene rings is 1. The molecule has 0 bridgehead atoms. The van der Waals surface area contributed by atoms with E-state index in [1.54, 1.807) is 13.3 Å². The number of fused-ring (bicyclic) bond motifs is 3. The summed E-state index contributed by atoms with van der Waals surface area (Å²) in [7, 11) is 1.63. The molecule has 9 heteroatoms. The fourth-order valence-electron chi connectivity index (χ4n) is 4.24. The van der Waals surface area contributed by atoms with Crippen LogP contribution in [0.25, 0.3) is 10.9 Å². The van der Waals surface area contributed by atoms with Gasteiger partial charge in [-0.05, 0) is 51.8 Å². The quantitative estimate of drug-likeness (QED) is 0.756. The van der Waals surface area contributed by atoms with Crippen molar-refractivity contribution < 1.29 is 23.8 Å². The Morgan fingerprint density at radius 1 is 1.21 bits per heavy atom. The molecule has 2 aliphatic heterocycles. The van der Waals surface area contributed by atoms with Gasteiger partial charge in [0.05, 0.1) is 37.6 Å². The first kappa shape index (κ1) is 22.9.